The highest BCUT2D eigenvalue weighted by atomic mass is 32.2. The average molecular weight is 276 g/mol. The first-order valence-corrected chi connectivity index (χ1v) is 7.58. The summed E-state index contributed by atoms with van der Waals surface area (Å²) in [7, 11) is 0. The smallest absolute Gasteiger partial charge is 0.253 e. The van der Waals surface area contributed by atoms with Gasteiger partial charge >= 0.3 is 0 Å². The summed E-state index contributed by atoms with van der Waals surface area (Å²) in [4.78, 5) is 20.9. The van der Waals surface area contributed by atoms with Crippen LogP contribution in [0.3, 0.4) is 0 Å². The Morgan fingerprint density at radius 1 is 1.42 bits per heavy atom. The van der Waals surface area contributed by atoms with Crippen molar-refractivity contribution in [1.29, 1.82) is 0 Å². The summed E-state index contributed by atoms with van der Waals surface area (Å²) in [6.07, 6.45) is 4.32. The van der Waals surface area contributed by atoms with Crippen LogP contribution < -0.4 is 0 Å². The van der Waals surface area contributed by atoms with Crippen molar-refractivity contribution in [3.63, 3.8) is 0 Å². The molecule has 0 N–H and O–H groups in total. The Bertz CT molecular complexity index is 637. The lowest BCUT2D eigenvalue weighted by Gasteiger charge is -2.18. The lowest BCUT2D eigenvalue weighted by atomic mass is 9.88. The van der Waals surface area contributed by atoms with Crippen LogP contribution in [0, 0.1) is 5.92 Å². The molecule has 0 saturated heterocycles. The Morgan fingerprint density at radius 2 is 2.26 bits per heavy atom. The van der Waals surface area contributed by atoms with Crippen molar-refractivity contribution in [1.82, 2.24) is 19.6 Å². The predicted molar refractivity (Wildman–Crippen MR) is 73.6 cm³/mol. The van der Waals surface area contributed by atoms with Crippen molar-refractivity contribution in [3.05, 3.63) is 17.5 Å². The number of rotatable bonds is 3. The number of carbonyl (C=O) groups excluding carboxylic acids is 1. The highest BCUT2D eigenvalue weighted by molar-refractivity contribution is 7.99. The Morgan fingerprint density at radius 3 is 3.05 bits per heavy atom. The molecule has 0 radical (unpaired) electrons. The molecule has 5 nitrogen and oxygen atoms in total. The minimum atomic E-state index is 0.168. The van der Waals surface area contributed by atoms with Crippen LogP contribution in [0.1, 0.15) is 42.7 Å². The van der Waals surface area contributed by atoms with Crippen molar-refractivity contribution < 1.29 is 4.79 Å². The molecule has 6 heteroatoms. The first-order chi connectivity index (χ1) is 9.17. The molecule has 1 aliphatic carbocycles. The van der Waals surface area contributed by atoms with Crippen molar-refractivity contribution in [3.8, 4) is 0 Å². The summed E-state index contributed by atoms with van der Waals surface area (Å²) in [6.45, 7) is 4.21. The number of aromatic nitrogens is 4. The SMILES string of the molecule is CCCSc1nc2nc3c(cn2n1)C(=O)CC(C)C3. The number of hydrogen-bond acceptors (Lipinski definition) is 5. The largest absolute Gasteiger partial charge is 0.294 e. The zero-order chi connectivity index (χ0) is 13.4. The molecule has 0 amide bonds. The van der Waals surface area contributed by atoms with Crippen LogP contribution in [0.15, 0.2) is 11.4 Å². The summed E-state index contributed by atoms with van der Waals surface area (Å²) >= 11 is 1.62. The molecule has 0 aromatic carbocycles. The molecular weight excluding hydrogens is 260 g/mol. The van der Waals surface area contributed by atoms with E-state index in [0.717, 1.165) is 29.4 Å². The van der Waals surface area contributed by atoms with Crippen LogP contribution >= 0.6 is 11.8 Å². The number of Topliss-reactive ketones (excluding diaryl/α,β-unsaturated/α-hetero) is 1. The second-order valence-corrected chi connectivity index (χ2v) is 6.09. The summed E-state index contributed by atoms with van der Waals surface area (Å²) in [5, 5.41) is 5.10. The Kier molecular flexibility index (Phi) is 3.26. The lowest BCUT2D eigenvalue weighted by molar-refractivity contribution is 0.0951. The third-order valence-electron chi connectivity index (χ3n) is 3.20. The van der Waals surface area contributed by atoms with E-state index in [1.807, 2.05) is 0 Å². The van der Waals surface area contributed by atoms with Gasteiger partial charge in [-0.15, -0.1) is 5.10 Å². The van der Waals surface area contributed by atoms with Gasteiger partial charge in [0.25, 0.3) is 5.78 Å². The minimum absolute atomic E-state index is 0.168. The van der Waals surface area contributed by atoms with Crippen LogP contribution in [0.4, 0.5) is 0 Å². The van der Waals surface area contributed by atoms with Gasteiger partial charge in [-0.2, -0.15) is 4.98 Å². The van der Waals surface area contributed by atoms with Crippen molar-refractivity contribution in [2.45, 2.75) is 38.3 Å². The van der Waals surface area contributed by atoms with E-state index in [4.69, 9.17) is 0 Å². The minimum Gasteiger partial charge on any atom is -0.294 e. The number of nitrogens with zero attached hydrogens (tertiary/aromatic N) is 4. The molecule has 19 heavy (non-hydrogen) atoms. The second-order valence-electron chi connectivity index (χ2n) is 5.03. The van der Waals surface area contributed by atoms with Gasteiger partial charge in [-0.05, 0) is 18.8 Å². The van der Waals surface area contributed by atoms with Crippen LogP contribution in [0.2, 0.25) is 0 Å². The molecule has 1 aliphatic rings. The average Bonchev–Trinajstić information content (AvgIpc) is 2.75. The summed E-state index contributed by atoms with van der Waals surface area (Å²) in [5.74, 6) is 2.12. The zero-order valence-electron chi connectivity index (χ0n) is 11.1. The Balaban J connectivity index is 2.02. The molecule has 0 spiro atoms. The van der Waals surface area contributed by atoms with E-state index < -0.39 is 0 Å². The fourth-order valence-electron chi connectivity index (χ4n) is 2.31. The molecule has 100 valence electrons. The third kappa shape index (κ3) is 2.36. The fraction of sp³-hybridized carbons (Fsp3) is 0.538. The van der Waals surface area contributed by atoms with Crippen LogP contribution in [0.25, 0.3) is 5.78 Å². The molecule has 2 aromatic heterocycles. The van der Waals surface area contributed by atoms with E-state index >= 15 is 0 Å². The summed E-state index contributed by atoms with van der Waals surface area (Å²) in [5.41, 5.74) is 1.58. The van der Waals surface area contributed by atoms with Gasteiger partial charge in [0.05, 0.1) is 11.3 Å². The van der Waals surface area contributed by atoms with Crippen molar-refractivity contribution in [2.24, 2.45) is 5.92 Å². The van der Waals surface area contributed by atoms with Crippen molar-refractivity contribution >= 4 is 23.3 Å². The molecule has 3 rings (SSSR count). The molecule has 1 unspecified atom stereocenters. The van der Waals surface area contributed by atoms with Gasteiger partial charge in [-0.1, -0.05) is 25.6 Å². The predicted octanol–water partition coefficient (Wildman–Crippen LogP) is 2.39. The van der Waals surface area contributed by atoms with Crippen LogP contribution in [-0.2, 0) is 6.42 Å². The molecule has 2 heterocycles. The van der Waals surface area contributed by atoms with E-state index in [0.29, 0.717) is 23.7 Å². The lowest BCUT2D eigenvalue weighted by Crippen LogP contribution is -2.20. The molecule has 0 bridgehead atoms. The maximum absolute atomic E-state index is 12.0. The van der Waals surface area contributed by atoms with Crippen LogP contribution in [-0.4, -0.2) is 31.1 Å². The number of carbonyl (C=O) groups is 1. The van der Waals surface area contributed by atoms with E-state index in [1.165, 1.54) is 0 Å². The van der Waals surface area contributed by atoms with E-state index in [9.17, 15) is 4.79 Å². The Labute approximate surface area is 115 Å². The normalized spacial score (nSPS) is 18.8. The van der Waals surface area contributed by atoms with Crippen molar-refractivity contribution in [2.75, 3.05) is 5.75 Å². The Hall–Kier alpha value is -1.43. The van der Waals surface area contributed by atoms with Gasteiger partial charge in [0.2, 0.25) is 5.16 Å². The molecule has 0 fully saturated rings. The highest BCUT2D eigenvalue weighted by Gasteiger charge is 2.25. The monoisotopic (exact) mass is 276 g/mol. The maximum Gasteiger partial charge on any atom is 0.253 e. The zero-order valence-corrected chi connectivity index (χ0v) is 11.9. The third-order valence-corrected chi connectivity index (χ3v) is 4.25. The van der Waals surface area contributed by atoms with Gasteiger partial charge in [0.15, 0.2) is 5.78 Å². The van der Waals surface area contributed by atoms with Gasteiger partial charge in [0, 0.05) is 18.4 Å². The molecule has 2 aromatic rings. The second kappa shape index (κ2) is 4.92. The number of ketones is 1. The number of hydrogen-bond donors (Lipinski definition) is 0. The van der Waals surface area contributed by atoms with E-state index in [-0.39, 0.29) is 5.78 Å². The number of fused-ring (bicyclic) bond motifs is 2. The van der Waals surface area contributed by atoms with Gasteiger partial charge in [-0.25, -0.2) is 9.50 Å². The first-order valence-electron chi connectivity index (χ1n) is 6.59. The quantitative estimate of drug-likeness (QED) is 0.806. The van der Waals surface area contributed by atoms with Gasteiger partial charge < -0.3 is 0 Å². The van der Waals surface area contributed by atoms with Gasteiger partial charge in [-0.3, -0.25) is 4.79 Å². The van der Waals surface area contributed by atoms with Gasteiger partial charge in [0.1, 0.15) is 0 Å². The highest BCUT2D eigenvalue weighted by Crippen LogP contribution is 2.24. The summed E-state index contributed by atoms with van der Waals surface area (Å²) in [6, 6.07) is 0. The fourth-order valence-corrected chi connectivity index (χ4v) is 2.99. The first kappa shape index (κ1) is 12.6. The molecule has 0 aliphatic heterocycles. The number of thioether (sulfide) groups is 1. The van der Waals surface area contributed by atoms with E-state index in [2.05, 4.69) is 28.9 Å². The standard InChI is InChI=1S/C13H16N4OS/c1-3-4-19-13-15-12-14-10-5-8(2)6-11(18)9(10)7-17(12)16-13/h7-8H,3-6H2,1-2H3. The topological polar surface area (TPSA) is 60.1 Å². The summed E-state index contributed by atoms with van der Waals surface area (Å²) < 4.78 is 1.63. The molecule has 0 saturated carbocycles. The molecular formula is C13H16N4OS. The van der Waals surface area contributed by atoms with E-state index in [1.54, 1.807) is 22.5 Å². The van der Waals surface area contributed by atoms with Crippen LogP contribution in [0.5, 0.6) is 0 Å². The molecule has 1 atom stereocenters. The maximum atomic E-state index is 12.0.